The van der Waals surface area contributed by atoms with Gasteiger partial charge in [0.2, 0.25) is 0 Å². The van der Waals surface area contributed by atoms with Gasteiger partial charge in [0, 0.05) is 24.7 Å². The lowest BCUT2D eigenvalue weighted by atomic mass is 10.1. The van der Waals surface area contributed by atoms with Crippen molar-refractivity contribution >= 4 is 5.91 Å². The van der Waals surface area contributed by atoms with Gasteiger partial charge in [-0.25, -0.2) is 0 Å². The molecule has 5 nitrogen and oxygen atoms in total. The molecule has 1 saturated heterocycles. The number of nitrogens with zero attached hydrogens (tertiary/aromatic N) is 1. The zero-order valence-electron chi connectivity index (χ0n) is 11.8. The van der Waals surface area contributed by atoms with E-state index in [0.717, 1.165) is 25.1 Å². The van der Waals surface area contributed by atoms with Crippen molar-refractivity contribution in [2.75, 3.05) is 33.4 Å². The highest BCUT2D eigenvalue weighted by atomic mass is 16.5. The largest absolute Gasteiger partial charge is 0.497 e. The molecule has 1 aliphatic heterocycles. The maximum atomic E-state index is 12.5. The molecule has 0 spiro atoms. The van der Waals surface area contributed by atoms with E-state index in [2.05, 4.69) is 5.32 Å². The van der Waals surface area contributed by atoms with E-state index >= 15 is 0 Å². The SMILES string of the molecule is COc1ccc(C(=O)N(CCO)CC2CCCN2)cc1. The van der Waals surface area contributed by atoms with Crippen molar-refractivity contribution in [3.63, 3.8) is 0 Å². The zero-order valence-corrected chi connectivity index (χ0v) is 11.8. The number of methoxy groups -OCH3 is 1. The van der Waals surface area contributed by atoms with Gasteiger partial charge in [-0.2, -0.15) is 0 Å². The van der Waals surface area contributed by atoms with Gasteiger partial charge in [-0.05, 0) is 43.7 Å². The van der Waals surface area contributed by atoms with Gasteiger partial charge >= 0.3 is 0 Å². The number of aliphatic hydroxyl groups is 1. The van der Waals surface area contributed by atoms with Crippen molar-refractivity contribution < 1.29 is 14.6 Å². The van der Waals surface area contributed by atoms with Gasteiger partial charge in [-0.1, -0.05) is 0 Å². The van der Waals surface area contributed by atoms with Crippen molar-refractivity contribution in [2.24, 2.45) is 0 Å². The summed E-state index contributed by atoms with van der Waals surface area (Å²) in [5.74, 6) is 0.683. The summed E-state index contributed by atoms with van der Waals surface area (Å²) in [4.78, 5) is 14.2. The van der Waals surface area contributed by atoms with Crippen molar-refractivity contribution in [1.82, 2.24) is 10.2 Å². The van der Waals surface area contributed by atoms with Crippen molar-refractivity contribution in [3.8, 4) is 5.75 Å². The number of ether oxygens (including phenoxy) is 1. The fourth-order valence-corrected chi connectivity index (χ4v) is 2.49. The van der Waals surface area contributed by atoms with E-state index in [4.69, 9.17) is 9.84 Å². The molecule has 0 aromatic heterocycles. The Balaban J connectivity index is 2.04. The average molecular weight is 278 g/mol. The quantitative estimate of drug-likeness (QED) is 0.811. The second-order valence-electron chi connectivity index (χ2n) is 5.00. The van der Waals surface area contributed by atoms with Crippen LogP contribution in [0.4, 0.5) is 0 Å². The zero-order chi connectivity index (χ0) is 14.4. The Morgan fingerprint density at radius 3 is 2.75 bits per heavy atom. The predicted octanol–water partition coefficient (Wildman–Crippen LogP) is 0.882. The number of rotatable bonds is 6. The minimum atomic E-state index is -0.0459. The van der Waals surface area contributed by atoms with E-state index in [1.165, 1.54) is 0 Å². The van der Waals surface area contributed by atoms with Crippen LogP contribution in [0, 0.1) is 0 Å². The summed E-state index contributed by atoms with van der Waals surface area (Å²) in [5.41, 5.74) is 0.622. The van der Waals surface area contributed by atoms with Crippen LogP contribution in [0.3, 0.4) is 0 Å². The third kappa shape index (κ3) is 3.71. The van der Waals surface area contributed by atoms with Gasteiger partial charge in [0.15, 0.2) is 0 Å². The monoisotopic (exact) mass is 278 g/mol. The molecule has 1 unspecified atom stereocenters. The molecular weight excluding hydrogens is 256 g/mol. The summed E-state index contributed by atoms with van der Waals surface area (Å²) in [6, 6.07) is 7.40. The molecule has 110 valence electrons. The first-order chi connectivity index (χ1) is 9.74. The minimum absolute atomic E-state index is 0.0192. The van der Waals surface area contributed by atoms with Crippen LogP contribution < -0.4 is 10.1 Å². The standard InChI is InChI=1S/C15H22N2O3/c1-20-14-6-4-12(5-7-14)15(19)17(9-10-18)11-13-3-2-8-16-13/h4-7,13,16,18H,2-3,8-11H2,1H3. The number of amides is 1. The number of hydrogen-bond donors (Lipinski definition) is 2. The summed E-state index contributed by atoms with van der Waals surface area (Å²) >= 11 is 0. The van der Waals surface area contributed by atoms with E-state index < -0.39 is 0 Å². The Labute approximate surface area is 119 Å². The Morgan fingerprint density at radius 1 is 1.45 bits per heavy atom. The topological polar surface area (TPSA) is 61.8 Å². The summed E-state index contributed by atoms with van der Waals surface area (Å²) in [6.45, 7) is 2.00. The normalized spacial score (nSPS) is 18.0. The molecule has 2 N–H and O–H groups in total. The van der Waals surface area contributed by atoms with Crippen LogP contribution in [0.2, 0.25) is 0 Å². The lowest BCUT2D eigenvalue weighted by Crippen LogP contribution is -2.42. The highest BCUT2D eigenvalue weighted by Gasteiger charge is 2.22. The molecule has 5 heteroatoms. The van der Waals surface area contributed by atoms with Gasteiger partial charge in [0.25, 0.3) is 5.91 Å². The Hall–Kier alpha value is -1.59. The van der Waals surface area contributed by atoms with Crippen LogP contribution in [0.5, 0.6) is 5.75 Å². The number of carbonyl (C=O) groups is 1. The molecule has 1 fully saturated rings. The molecule has 1 aromatic carbocycles. The predicted molar refractivity (Wildman–Crippen MR) is 77.0 cm³/mol. The molecule has 1 aromatic rings. The van der Waals surface area contributed by atoms with Gasteiger partial charge in [-0.15, -0.1) is 0 Å². The lowest BCUT2D eigenvalue weighted by Gasteiger charge is -2.25. The van der Waals surface area contributed by atoms with Crippen LogP contribution in [0.15, 0.2) is 24.3 Å². The number of nitrogens with one attached hydrogen (secondary N) is 1. The summed E-state index contributed by atoms with van der Waals surface area (Å²) in [5, 5.41) is 12.5. The van der Waals surface area contributed by atoms with E-state index in [-0.39, 0.29) is 12.5 Å². The van der Waals surface area contributed by atoms with Crippen LogP contribution in [-0.4, -0.2) is 55.3 Å². The van der Waals surface area contributed by atoms with Gasteiger partial charge < -0.3 is 20.1 Å². The van der Waals surface area contributed by atoms with Crippen molar-refractivity contribution in [3.05, 3.63) is 29.8 Å². The molecular formula is C15H22N2O3. The van der Waals surface area contributed by atoms with Crippen molar-refractivity contribution in [2.45, 2.75) is 18.9 Å². The number of carbonyl (C=O) groups excluding carboxylic acids is 1. The second kappa shape index (κ2) is 7.26. The average Bonchev–Trinajstić information content (AvgIpc) is 2.99. The molecule has 0 radical (unpaired) electrons. The highest BCUT2D eigenvalue weighted by molar-refractivity contribution is 5.94. The summed E-state index contributed by atoms with van der Waals surface area (Å²) < 4.78 is 5.09. The number of hydrogen-bond acceptors (Lipinski definition) is 4. The lowest BCUT2D eigenvalue weighted by molar-refractivity contribution is 0.0706. The highest BCUT2D eigenvalue weighted by Crippen LogP contribution is 2.14. The first-order valence-electron chi connectivity index (χ1n) is 7.02. The van der Waals surface area contributed by atoms with E-state index in [1.807, 2.05) is 0 Å². The van der Waals surface area contributed by atoms with Crippen LogP contribution in [0.1, 0.15) is 23.2 Å². The molecule has 0 bridgehead atoms. The molecule has 1 amide bonds. The van der Waals surface area contributed by atoms with Gasteiger partial charge in [-0.3, -0.25) is 4.79 Å². The summed E-state index contributed by atoms with van der Waals surface area (Å²) in [6.07, 6.45) is 2.23. The molecule has 1 aliphatic rings. The molecule has 1 atom stereocenters. The first kappa shape index (κ1) is 14.8. The summed E-state index contributed by atoms with van der Waals surface area (Å²) in [7, 11) is 1.60. The van der Waals surface area contributed by atoms with Crippen LogP contribution >= 0.6 is 0 Å². The molecule has 20 heavy (non-hydrogen) atoms. The van der Waals surface area contributed by atoms with E-state index in [9.17, 15) is 4.79 Å². The fraction of sp³-hybridized carbons (Fsp3) is 0.533. The van der Waals surface area contributed by atoms with Gasteiger partial charge in [0.05, 0.1) is 13.7 Å². The minimum Gasteiger partial charge on any atom is -0.497 e. The molecule has 1 heterocycles. The smallest absolute Gasteiger partial charge is 0.253 e. The first-order valence-corrected chi connectivity index (χ1v) is 7.02. The number of aliphatic hydroxyl groups excluding tert-OH is 1. The number of benzene rings is 1. The van der Waals surface area contributed by atoms with E-state index in [0.29, 0.717) is 24.7 Å². The van der Waals surface area contributed by atoms with Crippen LogP contribution in [-0.2, 0) is 0 Å². The van der Waals surface area contributed by atoms with E-state index in [1.54, 1.807) is 36.3 Å². The fourth-order valence-electron chi connectivity index (χ4n) is 2.49. The maximum Gasteiger partial charge on any atom is 0.253 e. The molecule has 0 aliphatic carbocycles. The molecule has 0 saturated carbocycles. The Morgan fingerprint density at radius 2 is 2.20 bits per heavy atom. The van der Waals surface area contributed by atoms with Gasteiger partial charge in [0.1, 0.15) is 5.75 Å². The second-order valence-corrected chi connectivity index (χ2v) is 5.00. The Kier molecular flexibility index (Phi) is 5.38. The third-order valence-electron chi connectivity index (χ3n) is 3.60. The molecule has 2 rings (SSSR count). The Bertz CT molecular complexity index is 427. The van der Waals surface area contributed by atoms with Crippen molar-refractivity contribution in [1.29, 1.82) is 0 Å². The van der Waals surface area contributed by atoms with Crippen LogP contribution in [0.25, 0.3) is 0 Å². The maximum absolute atomic E-state index is 12.5. The third-order valence-corrected chi connectivity index (χ3v) is 3.60.